The second kappa shape index (κ2) is 6.19. The minimum absolute atomic E-state index is 0.00327. The molecule has 6 nitrogen and oxygen atoms in total. The highest BCUT2D eigenvalue weighted by atomic mass is 31.2. The van der Waals surface area contributed by atoms with E-state index >= 15 is 0 Å². The van der Waals surface area contributed by atoms with Gasteiger partial charge in [0.25, 0.3) is 0 Å². The van der Waals surface area contributed by atoms with Gasteiger partial charge in [-0.05, 0) is 30.0 Å². The summed E-state index contributed by atoms with van der Waals surface area (Å²) in [4.78, 5) is 28.4. The molecule has 106 valence electrons. The Kier molecular flexibility index (Phi) is 5.11. The zero-order valence-corrected chi connectivity index (χ0v) is 11.6. The number of hydrogen-bond acceptors (Lipinski definition) is 3. The van der Waals surface area contributed by atoms with Gasteiger partial charge in [-0.1, -0.05) is 26.0 Å². The van der Waals surface area contributed by atoms with Crippen LogP contribution in [0.2, 0.25) is 0 Å². The predicted molar refractivity (Wildman–Crippen MR) is 68.8 cm³/mol. The molecule has 0 radical (unpaired) electrons. The molecule has 7 heteroatoms. The summed E-state index contributed by atoms with van der Waals surface area (Å²) in [6, 6.07) is 6.02. The third-order valence-corrected chi connectivity index (χ3v) is 3.17. The number of carbonyl (C=O) groups is 1. The van der Waals surface area contributed by atoms with Crippen LogP contribution in [0.3, 0.4) is 0 Å². The Morgan fingerprint density at radius 2 is 1.79 bits per heavy atom. The zero-order chi connectivity index (χ0) is 14.6. The standard InChI is InChI=1S/C12H17O6P/c1-8(2)11(12(13)14)7-9-3-5-10(6-4-9)18-19(15,16)17/h3-6,8,11H,7H2,1-2H3,(H,13,14)(H2,15,16,17)/t11-/m1/s1. The summed E-state index contributed by atoms with van der Waals surface area (Å²) in [5, 5.41) is 9.08. The highest BCUT2D eigenvalue weighted by Crippen LogP contribution is 2.37. The number of carboxylic acid groups (broad SMARTS) is 1. The molecule has 0 amide bonds. The van der Waals surface area contributed by atoms with Gasteiger partial charge >= 0.3 is 13.8 Å². The number of phosphoric ester groups is 1. The van der Waals surface area contributed by atoms with Crippen molar-refractivity contribution in [1.82, 2.24) is 0 Å². The monoisotopic (exact) mass is 288 g/mol. The smallest absolute Gasteiger partial charge is 0.481 e. The van der Waals surface area contributed by atoms with E-state index in [-0.39, 0.29) is 11.7 Å². The molecule has 0 aromatic heterocycles. The highest BCUT2D eigenvalue weighted by molar-refractivity contribution is 7.46. The van der Waals surface area contributed by atoms with Crippen molar-refractivity contribution in [2.24, 2.45) is 11.8 Å². The van der Waals surface area contributed by atoms with Crippen molar-refractivity contribution in [2.75, 3.05) is 0 Å². The molecule has 0 saturated carbocycles. The summed E-state index contributed by atoms with van der Waals surface area (Å²) in [5.74, 6) is -1.30. The van der Waals surface area contributed by atoms with Gasteiger partial charge in [-0.2, -0.15) is 0 Å². The molecule has 0 fully saturated rings. The van der Waals surface area contributed by atoms with E-state index < -0.39 is 19.7 Å². The third-order valence-electron chi connectivity index (χ3n) is 2.73. The van der Waals surface area contributed by atoms with Crippen molar-refractivity contribution >= 4 is 13.8 Å². The number of benzene rings is 1. The summed E-state index contributed by atoms with van der Waals surface area (Å²) in [6.45, 7) is 3.67. The Morgan fingerprint density at radius 1 is 1.26 bits per heavy atom. The van der Waals surface area contributed by atoms with Crippen LogP contribution >= 0.6 is 7.82 Å². The number of aliphatic carboxylic acids is 1. The number of hydrogen-bond donors (Lipinski definition) is 3. The Labute approximate surface area is 111 Å². The van der Waals surface area contributed by atoms with Gasteiger partial charge in [-0.3, -0.25) is 14.6 Å². The lowest BCUT2D eigenvalue weighted by molar-refractivity contribution is -0.143. The van der Waals surface area contributed by atoms with Crippen LogP contribution in [-0.2, 0) is 15.8 Å². The molecule has 1 rings (SSSR count). The molecular weight excluding hydrogens is 271 g/mol. The van der Waals surface area contributed by atoms with Gasteiger partial charge in [0.1, 0.15) is 5.75 Å². The van der Waals surface area contributed by atoms with E-state index in [1.54, 1.807) is 12.1 Å². The van der Waals surface area contributed by atoms with Crippen molar-refractivity contribution in [2.45, 2.75) is 20.3 Å². The maximum atomic E-state index is 11.1. The van der Waals surface area contributed by atoms with Crippen LogP contribution in [0.25, 0.3) is 0 Å². The van der Waals surface area contributed by atoms with Crippen LogP contribution in [0.1, 0.15) is 19.4 Å². The summed E-state index contributed by atoms with van der Waals surface area (Å²) in [7, 11) is -4.56. The molecule has 0 heterocycles. The first-order valence-electron chi connectivity index (χ1n) is 5.76. The largest absolute Gasteiger partial charge is 0.524 e. The van der Waals surface area contributed by atoms with Gasteiger partial charge in [0.15, 0.2) is 0 Å². The molecule has 0 aliphatic heterocycles. The van der Waals surface area contributed by atoms with E-state index in [9.17, 15) is 9.36 Å². The Balaban J connectivity index is 2.76. The first kappa shape index (κ1) is 15.7. The van der Waals surface area contributed by atoms with E-state index in [0.29, 0.717) is 6.42 Å². The maximum Gasteiger partial charge on any atom is 0.524 e. The summed E-state index contributed by atoms with van der Waals surface area (Å²) >= 11 is 0. The van der Waals surface area contributed by atoms with Crippen molar-refractivity contribution in [3.05, 3.63) is 29.8 Å². The molecule has 1 aromatic carbocycles. The van der Waals surface area contributed by atoms with E-state index in [1.807, 2.05) is 13.8 Å². The number of rotatable bonds is 6. The van der Waals surface area contributed by atoms with Crippen LogP contribution in [0.4, 0.5) is 0 Å². The van der Waals surface area contributed by atoms with Gasteiger partial charge in [-0.25, -0.2) is 4.57 Å². The average Bonchev–Trinajstić information content (AvgIpc) is 2.25. The van der Waals surface area contributed by atoms with Crippen molar-refractivity contribution in [1.29, 1.82) is 0 Å². The predicted octanol–water partition coefficient (Wildman–Crippen LogP) is 2.06. The minimum Gasteiger partial charge on any atom is -0.481 e. The number of carboxylic acids is 1. The number of phosphoric acid groups is 1. The molecule has 0 aliphatic rings. The molecule has 1 aromatic rings. The van der Waals surface area contributed by atoms with Gasteiger partial charge in [-0.15, -0.1) is 0 Å². The Hall–Kier alpha value is -1.36. The Morgan fingerprint density at radius 3 is 2.16 bits per heavy atom. The molecule has 3 N–H and O–H groups in total. The molecule has 0 bridgehead atoms. The van der Waals surface area contributed by atoms with E-state index in [1.165, 1.54) is 12.1 Å². The Bertz CT molecular complexity index is 475. The molecule has 0 saturated heterocycles. The van der Waals surface area contributed by atoms with Gasteiger partial charge in [0.2, 0.25) is 0 Å². The van der Waals surface area contributed by atoms with Crippen LogP contribution in [0.5, 0.6) is 5.75 Å². The van der Waals surface area contributed by atoms with Crippen molar-refractivity contribution < 1.29 is 28.8 Å². The van der Waals surface area contributed by atoms with E-state index in [0.717, 1.165) is 5.56 Å². The molecular formula is C12H17O6P. The summed E-state index contributed by atoms with van der Waals surface area (Å²) in [6.07, 6.45) is 0.364. The zero-order valence-electron chi connectivity index (χ0n) is 10.7. The summed E-state index contributed by atoms with van der Waals surface area (Å²) < 4.78 is 15.0. The normalized spacial score (nSPS) is 13.3. The van der Waals surface area contributed by atoms with Crippen LogP contribution in [0.15, 0.2) is 24.3 Å². The van der Waals surface area contributed by atoms with Crippen molar-refractivity contribution in [3.63, 3.8) is 0 Å². The molecule has 19 heavy (non-hydrogen) atoms. The van der Waals surface area contributed by atoms with E-state index in [2.05, 4.69) is 4.52 Å². The fourth-order valence-electron chi connectivity index (χ4n) is 1.69. The average molecular weight is 288 g/mol. The fraction of sp³-hybridized carbons (Fsp3) is 0.417. The van der Waals surface area contributed by atoms with Gasteiger partial charge < -0.3 is 9.63 Å². The second-order valence-electron chi connectivity index (χ2n) is 4.62. The SMILES string of the molecule is CC(C)[C@@H](Cc1ccc(OP(=O)(O)O)cc1)C(=O)O. The fourth-order valence-corrected chi connectivity index (χ4v) is 2.08. The highest BCUT2D eigenvalue weighted by Gasteiger charge is 2.22. The van der Waals surface area contributed by atoms with Gasteiger partial charge in [0.05, 0.1) is 5.92 Å². The third kappa shape index (κ3) is 5.42. The first-order valence-corrected chi connectivity index (χ1v) is 7.29. The van der Waals surface area contributed by atoms with Crippen molar-refractivity contribution in [3.8, 4) is 5.75 Å². The molecule has 1 atom stereocenters. The summed E-state index contributed by atoms with van der Waals surface area (Å²) in [5.41, 5.74) is 0.777. The van der Waals surface area contributed by atoms with Crippen LogP contribution in [-0.4, -0.2) is 20.9 Å². The second-order valence-corrected chi connectivity index (χ2v) is 5.78. The lowest BCUT2D eigenvalue weighted by Crippen LogP contribution is -2.22. The molecule has 0 unspecified atom stereocenters. The lowest BCUT2D eigenvalue weighted by atomic mass is 9.89. The first-order chi connectivity index (χ1) is 8.69. The van der Waals surface area contributed by atoms with Gasteiger partial charge in [0, 0.05) is 0 Å². The topological polar surface area (TPSA) is 104 Å². The quantitative estimate of drug-likeness (QED) is 0.692. The van der Waals surface area contributed by atoms with Crippen LogP contribution < -0.4 is 4.52 Å². The minimum atomic E-state index is -4.56. The maximum absolute atomic E-state index is 11.1. The van der Waals surface area contributed by atoms with E-state index in [4.69, 9.17) is 14.9 Å². The lowest BCUT2D eigenvalue weighted by Gasteiger charge is -2.16. The molecule has 0 spiro atoms. The van der Waals surface area contributed by atoms with Crippen LogP contribution in [0, 0.1) is 11.8 Å². The molecule has 0 aliphatic carbocycles.